The van der Waals surface area contributed by atoms with E-state index >= 15 is 0 Å². The lowest BCUT2D eigenvalue weighted by Crippen LogP contribution is -1.95. The van der Waals surface area contributed by atoms with Crippen molar-refractivity contribution in [1.82, 2.24) is 0 Å². The summed E-state index contributed by atoms with van der Waals surface area (Å²) in [5.74, 6) is 1.73. The van der Waals surface area contributed by atoms with Gasteiger partial charge in [-0.3, -0.25) is 0 Å². The Morgan fingerprint density at radius 3 is 2.77 bits per heavy atom. The molecule has 0 N–H and O–H groups in total. The minimum absolute atomic E-state index is 0.860. The van der Waals surface area contributed by atoms with Crippen molar-refractivity contribution in [1.29, 1.82) is 0 Å². The highest BCUT2D eigenvalue weighted by molar-refractivity contribution is 5.63. The van der Waals surface area contributed by atoms with Gasteiger partial charge in [-0.1, -0.05) is 24.3 Å². The van der Waals surface area contributed by atoms with Gasteiger partial charge in [0.15, 0.2) is 0 Å². The molecular weight excluding hydrogens is 156 g/mol. The minimum Gasteiger partial charge on any atom is -0.0802 e. The zero-order valence-electron chi connectivity index (χ0n) is 8.17. The molecule has 0 spiro atoms. The smallest absolute Gasteiger partial charge is 0.00868 e. The minimum atomic E-state index is 0.860. The molecule has 0 aliphatic heterocycles. The third-order valence-corrected chi connectivity index (χ3v) is 3.46. The molecule has 0 nitrogen and oxygen atoms in total. The second-order valence-electron chi connectivity index (χ2n) is 4.43. The number of rotatable bonds is 0. The Balaban J connectivity index is 2.22. The molecule has 1 saturated carbocycles. The van der Waals surface area contributed by atoms with Gasteiger partial charge in [-0.25, -0.2) is 0 Å². The first-order valence-electron chi connectivity index (χ1n) is 5.05. The molecule has 2 aliphatic rings. The zero-order valence-corrected chi connectivity index (χ0v) is 8.17. The number of hydrogen-bond acceptors (Lipinski definition) is 0. The van der Waals surface area contributed by atoms with Crippen molar-refractivity contribution >= 4 is 6.08 Å². The summed E-state index contributed by atoms with van der Waals surface area (Å²) in [6.45, 7) is 4.41. The zero-order chi connectivity index (χ0) is 9.00. The van der Waals surface area contributed by atoms with Crippen LogP contribution in [0, 0.1) is 19.8 Å². The predicted molar refractivity (Wildman–Crippen MR) is 55.8 cm³/mol. The van der Waals surface area contributed by atoms with Gasteiger partial charge in [0.05, 0.1) is 0 Å². The standard InChI is InChI=1S/C13H14/c1-8-5-10-3-4-11-7-13(11)12(10)6-9(8)2/h3-6,11,13H,7H2,1-2H3. The van der Waals surface area contributed by atoms with Crippen LogP contribution < -0.4 is 0 Å². The molecule has 1 aromatic carbocycles. The molecule has 0 bridgehead atoms. The van der Waals surface area contributed by atoms with Crippen molar-refractivity contribution in [3.63, 3.8) is 0 Å². The SMILES string of the molecule is Cc1cc2c(cc1C)C1CC1C=C2. The average Bonchev–Trinajstić information content (AvgIpc) is 2.86. The Bertz CT molecular complexity index is 399. The van der Waals surface area contributed by atoms with E-state index in [9.17, 15) is 0 Å². The summed E-state index contributed by atoms with van der Waals surface area (Å²) < 4.78 is 0. The van der Waals surface area contributed by atoms with Gasteiger partial charge in [0.25, 0.3) is 0 Å². The average molecular weight is 170 g/mol. The fourth-order valence-electron chi connectivity index (χ4n) is 2.34. The molecule has 1 aromatic rings. The van der Waals surface area contributed by atoms with Crippen molar-refractivity contribution in [2.45, 2.75) is 26.2 Å². The highest BCUT2D eigenvalue weighted by Crippen LogP contribution is 2.52. The molecule has 3 rings (SSSR count). The van der Waals surface area contributed by atoms with Gasteiger partial charge in [0.2, 0.25) is 0 Å². The maximum absolute atomic E-state index is 2.39. The summed E-state index contributed by atoms with van der Waals surface area (Å²) >= 11 is 0. The van der Waals surface area contributed by atoms with Crippen LogP contribution in [0.4, 0.5) is 0 Å². The first-order chi connectivity index (χ1) is 6.25. The summed E-state index contributed by atoms with van der Waals surface area (Å²) in [5.41, 5.74) is 5.92. The number of aryl methyl sites for hydroxylation is 2. The van der Waals surface area contributed by atoms with E-state index in [0.717, 1.165) is 11.8 Å². The van der Waals surface area contributed by atoms with Crippen LogP contribution in [0.2, 0.25) is 0 Å². The molecule has 0 saturated heterocycles. The van der Waals surface area contributed by atoms with Crippen molar-refractivity contribution in [2.24, 2.45) is 5.92 Å². The second kappa shape index (κ2) is 2.25. The Morgan fingerprint density at radius 1 is 1.15 bits per heavy atom. The lowest BCUT2D eigenvalue weighted by atomic mass is 9.93. The fraction of sp³-hybridized carbons (Fsp3) is 0.385. The van der Waals surface area contributed by atoms with Crippen LogP contribution in [-0.2, 0) is 0 Å². The van der Waals surface area contributed by atoms with Gasteiger partial charge in [-0.15, -0.1) is 0 Å². The van der Waals surface area contributed by atoms with Crippen LogP contribution >= 0.6 is 0 Å². The number of allylic oxidation sites excluding steroid dienone is 1. The molecule has 0 heterocycles. The molecule has 1 fully saturated rings. The Morgan fingerprint density at radius 2 is 1.92 bits per heavy atom. The first kappa shape index (κ1) is 7.37. The molecule has 66 valence electrons. The maximum atomic E-state index is 2.39. The van der Waals surface area contributed by atoms with Crippen LogP contribution in [0.15, 0.2) is 18.2 Å². The van der Waals surface area contributed by atoms with Crippen LogP contribution in [0.5, 0.6) is 0 Å². The van der Waals surface area contributed by atoms with Crippen molar-refractivity contribution in [3.05, 3.63) is 40.5 Å². The van der Waals surface area contributed by atoms with Gasteiger partial charge < -0.3 is 0 Å². The molecule has 0 aromatic heterocycles. The van der Waals surface area contributed by atoms with Gasteiger partial charge >= 0.3 is 0 Å². The van der Waals surface area contributed by atoms with E-state index in [4.69, 9.17) is 0 Å². The quantitative estimate of drug-likeness (QED) is 0.559. The molecule has 2 unspecified atom stereocenters. The first-order valence-corrected chi connectivity index (χ1v) is 5.05. The summed E-state index contributed by atoms with van der Waals surface area (Å²) in [4.78, 5) is 0. The highest BCUT2D eigenvalue weighted by Gasteiger charge is 2.39. The molecule has 0 amide bonds. The van der Waals surface area contributed by atoms with E-state index < -0.39 is 0 Å². The van der Waals surface area contributed by atoms with Gasteiger partial charge in [-0.05, 0) is 54.4 Å². The Kier molecular flexibility index (Phi) is 1.28. The Labute approximate surface area is 79.3 Å². The highest BCUT2D eigenvalue weighted by atomic mass is 14.4. The molecular formula is C13H14. The molecule has 13 heavy (non-hydrogen) atoms. The van der Waals surface area contributed by atoms with Crippen molar-refractivity contribution in [3.8, 4) is 0 Å². The summed E-state index contributed by atoms with van der Waals surface area (Å²) in [7, 11) is 0. The normalized spacial score (nSPS) is 28.2. The van der Waals surface area contributed by atoms with E-state index in [2.05, 4.69) is 38.1 Å². The van der Waals surface area contributed by atoms with Crippen LogP contribution in [0.25, 0.3) is 6.08 Å². The van der Waals surface area contributed by atoms with Crippen LogP contribution in [-0.4, -0.2) is 0 Å². The van der Waals surface area contributed by atoms with Crippen molar-refractivity contribution < 1.29 is 0 Å². The lowest BCUT2D eigenvalue weighted by Gasteiger charge is -2.12. The maximum Gasteiger partial charge on any atom is -0.00868 e. The third-order valence-electron chi connectivity index (χ3n) is 3.46. The van der Waals surface area contributed by atoms with E-state index in [1.54, 1.807) is 5.56 Å². The van der Waals surface area contributed by atoms with E-state index in [1.165, 1.54) is 23.1 Å². The molecule has 0 heteroatoms. The van der Waals surface area contributed by atoms with Gasteiger partial charge in [0, 0.05) is 0 Å². The number of fused-ring (bicyclic) bond motifs is 3. The van der Waals surface area contributed by atoms with Crippen molar-refractivity contribution in [2.75, 3.05) is 0 Å². The fourth-order valence-corrected chi connectivity index (χ4v) is 2.34. The summed E-state index contributed by atoms with van der Waals surface area (Å²) in [6.07, 6.45) is 6.06. The summed E-state index contributed by atoms with van der Waals surface area (Å²) in [6, 6.07) is 4.72. The monoisotopic (exact) mass is 170 g/mol. The topological polar surface area (TPSA) is 0 Å². The number of benzene rings is 1. The van der Waals surface area contributed by atoms with Crippen LogP contribution in [0.1, 0.15) is 34.6 Å². The largest absolute Gasteiger partial charge is 0.0802 e. The van der Waals surface area contributed by atoms with E-state index in [0.29, 0.717) is 0 Å². The third kappa shape index (κ3) is 0.980. The van der Waals surface area contributed by atoms with Gasteiger partial charge in [0.1, 0.15) is 0 Å². The van der Waals surface area contributed by atoms with Crippen LogP contribution in [0.3, 0.4) is 0 Å². The summed E-state index contributed by atoms with van der Waals surface area (Å²) in [5, 5.41) is 0. The molecule has 2 aliphatic carbocycles. The number of hydrogen-bond donors (Lipinski definition) is 0. The predicted octanol–water partition coefficient (Wildman–Crippen LogP) is 3.43. The van der Waals surface area contributed by atoms with E-state index in [-0.39, 0.29) is 0 Å². The Hall–Kier alpha value is -1.04. The van der Waals surface area contributed by atoms with Gasteiger partial charge in [-0.2, -0.15) is 0 Å². The second-order valence-corrected chi connectivity index (χ2v) is 4.43. The van der Waals surface area contributed by atoms with E-state index in [1.807, 2.05) is 0 Å². The lowest BCUT2D eigenvalue weighted by molar-refractivity contribution is 0.990. The molecule has 0 radical (unpaired) electrons. The molecule has 2 atom stereocenters.